The Kier molecular flexibility index (Phi) is 5.32. The van der Waals surface area contributed by atoms with Crippen LogP contribution in [-0.2, 0) is 14.9 Å². The van der Waals surface area contributed by atoms with Crippen LogP contribution in [0.1, 0.15) is 35.3 Å². The maximum Gasteiger partial charge on any atom is 0.513 e. The highest BCUT2D eigenvalue weighted by Gasteiger charge is 2.25. The third kappa shape index (κ3) is 3.91. The van der Waals surface area contributed by atoms with Gasteiger partial charge in [0.15, 0.2) is 0 Å². The summed E-state index contributed by atoms with van der Waals surface area (Å²) in [5.41, 5.74) is 1.41. The Balaban J connectivity index is 2.35. The summed E-state index contributed by atoms with van der Waals surface area (Å²) in [5, 5.41) is 9.86. The normalized spacial score (nSPS) is 10.9. The number of esters is 1. The fourth-order valence-corrected chi connectivity index (χ4v) is 2.44. The van der Waals surface area contributed by atoms with Crippen LogP contribution < -0.4 is 4.74 Å². The molecule has 0 saturated heterocycles. The van der Waals surface area contributed by atoms with E-state index in [1.165, 1.54) is 20.3 Å². The van der Waals surface area contributed by atoms with Crippen LogP contribution >= 0.6 is 0 Å². The SMILES string of the molecule is COC(=O)Oc1ccc(C(C)(C)c2ccc(O)c(C(=O)OC)c2)cc1. The average molecular weight is 344 g/mol. The number of hydrogen-bond donors (Lipinski definition) is 1. The number of carbonyl (C=O) groups is 2. The molecule has 0 spiro atoms. The van der Waals surface area contributed by atoms with E-state index in [0.29, 0.717) is 5.75 Å². The third-order valence-electron chi connectivity index (χ3n) is 4.07. The molecule has 2 aromatic carbocycles. The van der Waals surface area contributed by atoms with E-state index in [-0.39, 0.29) is 11.3 Å². The van der Waals surface area contributed by atoms with Gasteiger partial charge in [0.2, 0.25) is 0 Å². The van der Waals surface area contributed by atoms with Gasteiger partial charge in [0.25, 0.3) is 0 Å². The van der Waals surface area contributed by atoms with E-state index in [1.807, 2.05) is 26.0 Å². The first-order valence-corrected chi connectivity index (χ1v) is 7.57. The number of phenols is 1. The summed E-state index contributed by atoms with van der Waals surface area (Å²) >= 11 is 0. The predicted octanol–water partition coefficient (Wildman–Crippen LogP) is 3.65. The second kappa shape index (κ2) is 7.25. The van der Waals surface area contributed by atoms with Crippen molar-refractivity contribution in [2.75, 3.05) is 14.2 Å². The van der Waals surface area contributed by atoms with Crippen LogP contribution in [0.2, 0.25) is 0 Å². The third-order valence-corrected chi connectivity index (χ3v) is 4.07. The molecule has 132 valence electrons. The van der Waals surface area contributed by atoms with Crippen molar-refractivity contribution in [3.8, 4) is 11.5 Å². The summed E-state index contributed by atoms with van der Waals surface area (Å²) in [5.74, 6) is -0.363. The molecule has 2 aromatic rings. The first-order valence-electron chi connectivity index (χ1n) is 7.57. The molecule has 6 heteroatoms. The van der Waals surface area contributed by atoms with Crippen molar-refractivity contribution < 1.29 is 28.9 Å². The lowest BCUT2D eigenvalue weighted by Crippen LogP contribution is -2.19. The summed E-state index contributed by atoms with van der Waals surface area (Å²) in [6.07, 6.45) is -0.784. The van der Waals surface area contributed by atoms with Gasteiger partial charge >= 0.3 is 12.1 Å². The number of methoxy groups -OCH3 is 2. The van der Waals surface area contributed by atoms with Crippen LogP contribution in [0, 0.1) is 0 Å². The van der Waals surface area contributed by atoms with Gasteiger partial charge in [-0.1, -0.05) is 32.0 Å². The molecule has 6 nitrogen and oxygen atoms in total. The molecule has 0 aliphatic heterocycles. The highest BCUT2D eigenvalue weighted by molar-refractivity contribution is 5.92. The molecular formula is C19H20O6. The van der Waals surface area contributed by atoms with Crippen molar-refractivity contribution in [3.05, 3.63) is 59.2 Å². The Morgan fingerprint density at radius 1 is 0.920 bits per heavy atom. The van der Waals surface area contributed by atoms with Crippen LogP contribution in [-0.4, -0.2) is 31.5 Å². The van der Waals surface area contributed by atoms with E-state index < -0.39 is 17.5 Å². The number of phenolic OH excluding ortho intramolecular Hbond substituents is 1. The quantitative estimate of drug-likeness (QED) is 0.673. The molecule has 1 N–H and O–H groups in total. The standard InChI is InChI=1S/C19H20O6/c1-19(2,12-5-8-14(9-6-12)25-18(22)24-4)13-7-10-16(20)15(11-13)17(21)23-3/h5-11,20H,1-4H3. The summed E-state index contributed by atoms with van der Waals surface area (Å²) in [6.45, 7) is 3.97. The molecule has 25 heavy (non-hydrogen) atoms. The zero-order valence-electron chi connectivity index (χ0n) is 14.5. The van der Waals surface area contributed by atoms with Gasteiger partial charge in [-0.15, -0.1) is 0 Å². The van der Waals surface area contributed by atoms with Gasteiger partial charge in [-0.05, 0) is 35.4 Å². The molecule has 0 saturated carbocycles. The first kappa shape index (κ1) is 18.3. The van der Waals surface area contributed by atoms with E-state index in [1.54, 1.807) is 24.3 Å². The Morgan fingerprint density at radius 3 is 2.08 bits per heavy atom. The molecule has 0 aromatic heterocycles. The molecule has 0 bridgehead atoms. The predicted molar refractivity (Wildman–Crippen MR) is 91.0 cm³/mol. The van der Waals surface area contributed by atoms with Gasteiger partial charge in [-0.2, -0.15) is 0 Å². The minimum absolute atomic E-state index is 0.110. The zero-order valence-corrected chi connectivity index (χ0v) is 14.5. The number of benzene rings is 2. The Labute approximate surface area is 146 Å². The van der Waals surface area contributed by atoms with E-state index in [0.717, 1.165) is 11.1 Å². The van der Waals surface area contributed by atoms with E-state index in [9.17, 15) is 14.7 Å². The highest BCUT2D eigenvalue weighted by atomic mass is 16.7. The van der Waals surface area contributed by atoms with Gasteiger partial charge < -0.3 is 19.3 Å². The maximum absolute atomic E-state index is 11.8. The average Bonchev–Trinajstić information content (AvgIpc) is 2.61. The van der Waals surface area contributed by atoms with Crippen molar-refractivity contribution in [1.82, 2.24) is 0 Å². The fourth-order valence-electron chi connectivity index (χ4n) is 2.44. The monoisotopic (exact) mass is 344 g/mol. The second-order valence-corrected chi connectivity index (χ2v) is 5.93. The molecule has 0 unspecified atom stereocenters. The minimum atomic E-state index is -0.784. The fraction of sp³-hybridized carbons (Fsp3) is 0.263. The summed E-state index contributed by atoms with van der Waals surface area (Å²) in [6, 6.07) is 11.8. The number of aromatic hydroxyl groups is 1. The number of ether oxygens (including phenoxy) is 3. The van der Waals surface area contributed by atoms with Gasteiger partial charge in [0.1, 0.15) is 17.1 Å². The lowest BCUT2D eigenvalue weighted by atomic mass is 9.77. The lowest BCUT2D eigenvalue weighted by molar-refractivity contribution is 0.0597. The minimum Gasteiger partial charge on any atom is -0.507 e. The Hall–Kier alpha value is -3.02. The Bertz CT molecular complexity index is 777. The van der Waals surface area contributed by atoms with E-state index in [4.69, 9.17) is 9.47 Å². The van der Waals surface area contributed by atoms with Crippen LogP contribution in [0.3, 0.4) is 0 Å². The molecule has 0 amide bonds. The molecule has 2 rings (SSSR count). The zero-order chi connectivity index (χ0) is 18.6. The maximum atomic E-state index is 11.8. The number of carbonyl (C=O) groups excluding carboxylic acids is 2. The van der Waals surface area contributed by atoms with Crippen molar-refractivity contribution in [2.45, 2.75) is 19.3 Å². The van der Waals surface area contributed by atoms with E-state index >= 15 is 0 Å². The van der Waals surface area contributed by atoms with Crippen molar-refractivity contribution in [1.29, 1.82) is 0 Å². The Morgan fingerprint density at radius 2 is 1.52 bits per heavy atom. The molecule has 0 fully saturated rings. The van der Waals surface area contributed by atoms with Gasteiger partial charge in [0.05, 0.1) is 14.2 Å². The van der Waals surface area contributed by atoms with Gasteiger partial charge in [0, 0.05) is 5.41 Å². The molecule has 0 aliphatic rings. The van der Waals surface area contributed by atoms with E-state index in [2.05, 4.69) is 4.74 Å². The molecule has 0 aliphatic carbocycles. The van der Waals surface area contributed by atoms with Gasteiger partial charge in [-0.3, -0.25) is 0 Å². The largest absolute Gasteiger partial charge is 0.513 e. The lowest BCUT2D eigenvalue weighted by Gasteiger charge is -2.27. The number of hydrogen-bond acceptors (Lipinski definition) is 6. The first-order chi connectivity index (χ1) is 11.8. The van der Waals surface area contributed by atoms with Crippen molar-refractivity contribution in [2.24, 2.45) is 0 Å². The van der Waals surface area contributed by atoms with Crippen molar-refractivity contribution >= 4 is 12.1 Å². The van der Waals surface area contributed by atoms with Gasteiger partial charge in [-0.25, -0.2) is 9.59 Å². The molecule has 0 radical (unpaired) electrons. The smallest absolute Gasteiger partial charge is 0.507 e. The van der Waals surface area contributed by atoms with Crippen LogP contribution in [0.4, 0.5) is 4.79 Å². The number of rotatable bonds is 4. The summed E-state index contributed by atoms with van der Waals surface area (Å²) < 4.78 is 14.1. The molecule has 0 atom stereocenters. The second-order valence-electron chi connectivity index (χ2n) is 5.93. The van der Waals surface area contributed by atoms with Crippen LogP contribution in [0.5, 0.6) is 11.5 Å². The summed E-state index contributed by atoms with van der Waals surface area (Å²) in [4.78, 5) is 22.9. The van der Waals surface area contributed by atoms with Crippen LogP contribution in [0.15, 0.2) is 42.5 Å². The van der Waals surface area contributed by atoms with Crippen molar-refractivity contribution in [3.63, 3.8) is 0 Å². The van der Waals surface area contributed by atoms with Crippen LogP contribution in [0.25, 0.3) is 0 Å². The topological polar surface area (TPSA) is 82.1 Å². The highest BCUT2D eigenvalue weighted by Crippen LogP contribution is 2.34. The molecule has 0 heterocycles. The summed E-state index contributed by atoms with van der Waals surface area (Å²) in [7, 11) is 2.50. The molecular weight excluding hydrogens is 324 g/mol.